The van der Waals surface area contributed by atoms with Crippen LogP contribution in [-0.4, -0.2) is 22.1 Å². The van der Waals surface area contributed by atoms with Crippen molar-refractivity contribution in [2.45, 2.75) is 39.2 Å². The summed E-state index contributed by atoms with van der Waals surface area (Å²) in [4.78, 5) is 29.3. The van der Waals surface area contributed by atoms with Crippen LogP contribution in [0, 0.1) is 0 Å². The van der Waals surface area contributed by atoms with Gasteiger partial charge in [-0.15, -0.1) is 0 Å². The van der Waals surface area contributed by atoms with Crippen molar-refractivity contribution in [2.24, 2.45) is 0 Å². The van der Waals surface area contributed by atoms with Crippen LogP contribution in [0.15, 0.2) is 47.5 Å². The van der Waals surface area contributed by atoms with E-state index in [0.717, 1.165) is 24.3 Å². The first-order valence-electron chi connectivity index (χ1n) is 9.56. The molecule has 0 bridgehead atoms. The number of aromatic nitrogens is 2. The van der Waals surface area contributed by atoms with Gasteiger partial charge in [-0.05, 0) is 55.7 Å². The molecule has 1 aromatic heterocycles. The molecule has 144 valence electrons. The van der Waals surface area contributed by atoms with E-state index < -0.39 is 0 Å². The summed E-state index contributed by atoms with van der Waals surface area (Å²) in [7, 11) is 0. The molecule has 6 heteroatoms. The average molecular weight is 377 g/mol. The Morgan fingerprint density at radius 2 is 2.11 bits per heavy atom. The average Bonchev–Trinajstić information content (AvgIpc) is 3.14. The number of aryl methyl sites for hydroxylation is 1. The van der Waals surface area contributed by atoms with Crippen molar-refractivity contribution in [3.8, 4) is 5.75 Å². The molecule has 0 fully saturated rings. The summed E-state index contributed by atoms with van der Waals surface area (Å²) < 4.78 is 7.10. The molecule has 1 aliphatic rings. The fraction of sp³-hybridized carbons (Fsp3) is 0.318. The first kappa shape index (κ1) is 18.2. The molecule has 6 nitrogen and oxygen atoms in total. The van der Waals surface area contributed by atoms with Crippen LogP contribution in [0.4, 0.5) is 5.69 Å². The number of benzene rings is 2. The van der Waals surface area contributed by atoms with Crippen LogP contribution in [0.2, 0.25) is 0 Å². The molecule has 0 aliphatic carbocycles. The molecule has 0 unspecified atom stereocenters. The third kappa shape index (κ3) is 3.63. The smallest absolute Gasteiger partial charge is 0.261 e. The van der Waals surface area contributed by atoms with E-state index in [4.69, 9.17) is 4.74 Å². The number of nitrogens with zero attached hydrogens (tertiary/aromatic N) is 2. The van der Waals surface area contributed by atoms with Crippen molar-refractivity contribution in [3.05, 3.63) is 64.2 Å². The molecule has 0 radical (unpaired) electrons. The summed E-state index contributed by atoms with van der Waals surface area (Å²) in [5, 5.41) is 3.40. The molecule has 0 saturated heterocycles. The lowest BCUT2D eigenvalue weighted by atomic mass is 10.0. The molecule has 0 spiro atoms. The molecule has 1 amide bonds. The normalized spacial score (nSPS) is 12.8. The second-order valence-electron chi connectivity index (χ2n) is 7.37. The Hall–Kier alpha value is -3.15. The van der Waals surface area contributed by atoms with E-state index in [1.807, 2.05) is 26.0 Å². The predicted molar refractivity (Wildman–Crippen MR) is 109 cm³/mol. The Morgan fingerprint density at radius 1 is 1.25 bits per heavy atom. The van der Waals surface area contributed by atoms with Gasteiger partial charge in [-0.2, -0.15) is 0 Å². The van der Waals surface area contributed by atoms with Gasteiger partial charge in [-0.25, -0.2) is 4.98 Å². The Balaban J connectivity index is 1.46. The zero-order chi connectivity index (χ0) is 19.7. The number of hydrogen-bond donors (Lipinski definition) is 1. The van der Waals surface area contributed by atoms with Gasteiger partial charge >= 0.3 is 0 Å². The second-order valence-corrected chi connectivity index (χ2v) is 7.37. The maximum absolute atomic E-state index is 12.6. The van der Waals surface area contributed by atoms with E-state index in [9.17, 15) is 9.59 Å². The van der Waals surface area contributed by atoms with Gasteiger partial charge in [0.05, 0.1) is 23.8 Å². The number of carbonyl (C=O) groups is 1. The van der Waals surface area contributed by atoms with Gasteiger partial charge in [0.2, 0.25) is 5.91 Å². The standard InChI is InChI=1S/C22H23N3O3/c1-14(2)25-13-23-19-6-5-17(12-18(19)22(25)27)24-21(26)8-4-15-3-7-20-16(11-15)9-10-28-20/h3,5-7,11-14H,4,8-10H2,1-2H3,(H,24,26). The monoisotopic (exact) mass is 377 g/mol. The third-order valence-electron chi connectivity index (χ3n) is 5.02. The van der Waals surface area contributed by atoms with Crippen molar-refractivity contribution in [2.75, 3.05) is 11.9 Å². The molecule has 4 rings (SSSR count). The van der Waals surface area contributed by atoms with Crippen molar-refractivity contribution in [1.29, 1.82) is 0 Å². The molecular weight excluding hydrogens is 354 g/mol. The van der Waals surface area contributed by atoms with Crippen LogP contribution < -0.4 is 15.6 Å². The minimum absolute atomic E-state index is 0.0281. The largest absolute Gasteiger partial charge is 0.493 e. The van der Waals surface area contributed by atoms with Crippen molar-refractivity contribution >= 4 is 22.5 Å². The lowest BCUT2D eigenvalue weighted by Gasteiger charge is -2.11. The van der Waals surface area contributed by atoms with Gasteiger partial charge < -0.3 is 10.1 Å². The number of fused-ring (bicyclic) bond motifs is 2. The van der Waals surface area contributed by atoms with Gasteiger partial charge in [0, 0.05) is 24.6 Å². The Kier molecular flexibility index (Phi) is 4.86. The SMILES string of the molecule is CC(C)n1cnc2ccc(NC(=O)CCc3ccc4c(c3)CCO4)cc2c1=O. The van der Waals surface area contributed by atoms with Crippen molar-refractivity contribution < 1.29 is 9.53 Å². The van der Waals surface area contributed by atoms with E-state index in [1.54, 1.807) is 29.1 Å². The van der Waals surface area contributed by atoms with E-state index in [0.29, 0.717) is 29.4 Å². The van der Waals surface area contributed by atoms with Gasteiger partial charge in [0.25, 0.3) is 5.56 Å². The maximum atomic E-state index is 12.6. The summed E-state index contributed by atoms with van der Waals surface area (Å²) in [5.74, 6) is 0.870. The van der Waals surface area contributed by atoms with Crippen LogP contribution in [-0.2, 0) is 17.6 Å². The number of hydrogen-bond acceptors (Lipinski definition) is 4. The lowest BCUT2D eigenvalue weighted by molar-refractivity contribution is -0.116. The molecule has 3 aromatic rings. The number of anilines is 1. The minimum Gasteiger partial charge on any atom is -0.493 e. The fourth-order valence-electron chi connectivity index (χ4n) is 3.46. The van der Waals surface area contributed by atoms with Crippen LogP contribution in [0.5, 0.6) is 5.75 Å². The zero-order valence-electron chi connectivity index (χ0n) is 16.1. The zero-order valence-corrected chi connectivity index (χ0v) is 16.1. The molecule has 1 N–H and O–H groups in total. The van der Waals surface area contributed by atoms with Gasteiger partial charge in [0.1, 0.15) is 5.75 Å². The van der Waals surface area contributed by atoms with E-state index in [-0.39, 0.29) is 17.5 Å². The molecular formula is C22H23N3O3. The summed E-state index contributed by atoms with van der Waals surface area (Å²) in [6, 6.07) is 11.4. The number of carbonyl (C=O) groups excluding carboxylic acids is 1. The van der Waals surface area contributed by atoms with E-state index in [2.05, 4.69) is 16.4 Å². The van der Waals surface area contributed by atoms with Gasteiger partial charge in [0.15, 0.2) is 0 Å². The number of amides is 1. The fourth-order valence-corrected chi connectivity index (χ4v) is 3.46. The summed E-state index contributed by atoms with van der Waals surface area (Å²) in [6.07, 6.45) is 3.53. The Morgan fingerprint density at radius 3 is 2.93 bits per heavy atom. The maximum Gasteiger partial charge on any atom is 0.261 e. The van der Waals surface area contributed by atoms with E-state index >= 15 is 0 Å². The number of nitrogens with one attached hydrogen (secondary N) is 1. The van der Waals surface area contributed by atoms with Crippen LogP contribution in [0.3, 0.4) is 0 Å². The molecule has 1 aliphatic heterocycles. The molecule has 2 heterocycles. The lowest BCUT2D eigenvalue weighted by Crippen LogP contribution is -2.22. The Bertz CT molecular complexity index is 1100. The molecule has 0 atom stereocenters. The first-order valence-corrected chi connectivity index (χ1v) is 9.56. The summed E-state index contributed by atoms with van der Waals surface area (Å²) in [6.45, 7) is 4.60. The summed E-state index contributed by atoms with van der Waals surface area (Å²) in [5.41, 5.74) is 3.47. The third-order valence-corrected chi connectivity index (χ3v) is 5.02. The topological polar surface area (TPSA) is 73.2 Å². The highest BCUT2D eigenvalue weighted by atomic mass is 16.5. The van der Waals surface area contributed by atoms with Crippen molar-refractivity contribution in [1.82, 2.24) is 9.55 Å². The highest BCUT2D eigenvalue weighted by Crippen LogP contribution is 2.26. The first-order chi connectivity index (χ1) is 13.5. The predicted octanol–water partition coefficient (Wildman–Crippen LogP) is 3.48. The molecule has 2 aromatic carbocycles. The molecule has 28 heavy (non-hydrogen) atoms. The van der Waals surface area contributed by atoms with Crippen molar-refractivity contribution in [3.63, 3.8) is 0 Å². The minimum atomic E-state index is -0.101. The highest BCUT2D eigenvalue weighted by Gasteiger charge is 2.13. The van der Waals surface area contributed by atoms with Gasteiger partial charge in [-0.3, -0.25) is 14.2 Å². The molecule has 0 saturated carbocycles. The van der Waals surface area contributed by atoms with Crippen LogP contribution in [0.1, 0.15) is 37.4 Å². The second kappa shape index (κ2) is 7.46. The number of ether oxygens (including phenoxy) is 1. The quantitative estimate of drug-likeness (QED) is 0.739. The Labute approximate surface area is 163 Å². The summed E-state index contributed by atoms with van der Waals surface area (Å²) >= 11 is 0. The van der Waals surface area contributed by atoms with Crippen LogP contribution in [0.25, 0.3) is 10.9 Å². The van der Waals surface area contributed by atoms with Crippen LogP contribution >= 0.6 is 0 Å². The van der Waals surface area contributed by atoms with Gasteiger partial charge in [-0.1, -0.05) is 12.1 Å². The van der Waals surface area contributed by atoms with E-state index in [1.165, 1.54) is 5.56 Å². The highest BCUT2D eigenvalue weighted by molar-refractivity contribution is 5.93. The number of rotatable bonds is 5.